The summed E-state index contributed by atoms with van der Waals surface area (Å²) in [7, 11) is -3.70. The van der Waals surface area contributed by atoms with Gasteiger partial charge in [0.1, 0.15) is 4.90 Å². The Morgan fingerprint density at radius 1 is 1.33 bits per heavy atom. The van der Waals surface area contributed by atoms with Crippen LogP contribution >= 0.6 is 0 Å². The van der Waals surface area contributed by atoms with E-state index in [-0.39, 0.29) is 22.2 Å². The minimum Gasteiger partial charge on any atom is -0.384 e. The molecule has 1 unspecified atom stereocenters. The van der Waals surface area contributed by atoms with Gasteiger partial charge in [-0.25, -0.2) is 13.1 Å². The van der Waals surface area contributed by atoms with Gasteiger partial charge in [0.2, 0.25) is 10.0 Å². The standard InChI is InChI=1S/C13H21N3O4S/c1-4-10(3)9-15-21(19,20)13-7-6-11(16(17)18)8-12(13)14-5-2/h6-8,10,14-15H,4-5,9H2,1-3H3. The van der Waals surface area contributed by atoms with E-state index in [9.17, 15) is 18.5 Å². The summed E-state index contributed by atoms with van der Waals surface area (Å²) in [6, 6.07) is 3.69. The smallest absolute Gasteiger partial charge is 0.271 e. The topological polar surface area (TPSA) is 101 Å². The average Bonchev–Trinajstić information content (AvgIpc) is 2.44. The Labute approximate surface area is 124 Å². The molecule has 0 heterocycles. The molecule has 0 aliphatic carbocycles. The van der Waals surface area contributed by atoms with Crippen LogP contribution in [0.4, 0.5) is 11.4 Å². The van der Waals surface area contributed by atoms with Gasteiger partial charge in [-0.15, -0.1) is 0 Å². The van der Waals surface area contributed by atoms with Crippen LogP contribution in [0.5, 0.6) is 0 Å². The van der Waals surface area contributed by atoms with Crippen molar-refractivity contribution in [3.8, 4) is 0 Å². The van der Waals surface area contributed by atoms with Crippen LogP contribution in [-0.2, 0) is 10.0 Å². The highest BCUT2D eigenvalue weighted by Gasteiger charge is 2.21. The van der Waals surface area contributed by atoms with Gasteiger partial charge in [-0.1, -0.05) is 20.3 Å². The molecular weight excluding hydrogens is 294 g/mol. The third-order valence-corrected chi connectivity index (χ3v) is 4.63. The zero-order chi connectivity index (χ0) is 16.0. The van der Waals surface area contributed by atoms with E-state index < -0.39 is 14.9 Å². The Kier molecular flexibility index (Phi) is 6.10. The van der Waals surface area contributed by atoms with Crippen LogP contribution in [0.25, 0.3) is 0 Å². The van der Waals surface area contributed by atoms with Crippen molar-refractivity contribution in [3.05, 3.63) is 28.3 Å². The number of nitrogens with one attached hydrogen (secondary N) is 2. The molecule has 2 N–H and O–H groups in total. The van der Waals surface area contributed by atoms with Gasteiger partial charge < -0.3 is 5.32 Å². The molecule has 0 aliphatic heterocycles. The van der Waals surface area contributed by atoms with Gasteiger partial charge in [-0.2, -0.15) is 0 Å². The number of hydrogen-bond donors (Lipinski definition) is 2. The van der Waals surface area contributed by atoms with E-state index in [2.05, 4.69) is 10.0 Å². The number of sulfonamides is 1. The zero-order valence-electron chi connectivity index (χ0n) is 12.4. The maximum absolute atomic E-state index is 12.3. The molecule has 1 aromatic rings. The van der Waals surface area contributed by atoms with Gasteiger partial charge in [0.05, 0.1) is 10.6 Å². The first-order valence-corrected chi connectivity index (χ1v) is 8.32. The molecule has 0 spiro atoms. The summed E-state index contributed by atoms with van der Waals surface area (Å²) in [5.74, 6) is 0.223. The Morgan fingerprint density at radius 2 is 2.00 bits per heavy atom. The normalized spacial score (nSPS) is 12.9. The molecule has 0 aromatic heterocycles. The molecule has 21 heavy (non-hydrogen) atoms. The van der Waals surface area contributed by atoms with Crippen LogP contribution < -0.4 is 10.0 Å². The fourth-order valence-electron chi connectivity index (χ4n) is 1.67. The second kappa shape index (κ2) is 7.37. The van der Waals surface area contributed by atoms with Gasteiger partial charge in [0.25, 0.3) is 5.69 Å². The lowest BCUT2D eigenvalue weighted by atomic mass is 10.1. The number of nitrogens with zero attached hydrogens (tertiary/aromatic N) is 1. The van der Waals surface area contributed by atoms with Crippen molar-refractivity contribution >= 4 is 21.4 Å². The molecule has 8 heteroatoms. The van der Waals surface area contributed by atoms with Crippen molar-refractivity contribution in [1.82, 2.24) is 4.72 Å². The molecular formula is C13H21N3O4S. The Bertz CT molecular complexity index is 601. The third-order valence-electron chi connectivity index (χ3n) is 3.15. The SMILES string of the molecule is CCNc1cc([N+](=O)[O-])ccc1S(=O)(=O)NCC(C)CC. The Hall–Kier alpha value is -1.67. The third kappa shape index (κ3) is 4.68. The van der Waals surface area contributed by atoms with Crippen LogP contribution in [0.1, 0.15) is 27.2 Å². The molecule has 0 radical (unpaired) electrons. The molecule has 1 rings (SSSR count). The van der Waals surface area contributed by atoms with E-state index in [0.29, 0.717) is 13.1 Å². The number of anilines is 1. The second-order valence-corrected chi connectivity index (χ2v) is 6.57. The number of rotatable bonds is 8. The zero-order valence-corrected chi connectivity index (χ0v) is 13.2. The summed E-state index contributed by atoms with van der Waals surface area (Å²) in [5.41, 5.74) is 0.0928. The minimum atomic E-state index is -3.70. The van der Waals surface area contributed by atoms with Crippen molar-refractivity contribution in [2.75, 3.05) is 18.4 Å². The highest BCUT2D eigenvalue weighted by atomic mass is 32.2. The fourth-order valence-corrected chi connectivity index (χ4v) is 3.00. The summed E-state index contributed by atoms with van der Waals surface area (Å²) >= 11 is 0. The highest BCUT2D eigenvalue weighted by Crippen LogP contribution is 2.26. The lowest BCUT2D eigenvalue weighted by Gasteiger charge is -2.14. The first-order chi connectivity index (χ1) is 9.81. The van der Waals surface area contributed by atoms with Crippen LogP contribution in [0.15, 0.2) is 23.1 Å². The predicted octanol–water partition coefficient (Wildman–Crippen LogP) is 2.35. The maximum atomic E-state index is 12.3. The summed E-state index contributed by atoms with van der Waals surface area (Å²) in [6.07, 6.45) is 0.864. The van der Waals surface area contributed by atoms with E-state index in [1.807, 2.05) is 13.8 Å². The highest BCUT2D eigenvalue weighted by molar-refractivity contribution is 7.89. The van der Waals surface area contributed by atoms with Crippen LogP contribution in [-0.4, -0.2) is 26.4 Å². The number of nitro groups is 1. The molecule has 1 atom stereocenters. The maximum Gasteiger partial charge on any atom is 0.271 e. The molecule has 7 nitrogen and oxygen atoms in total. The number of nitro benzene ring substituents is 1. The minimum absolute atomic E-state index is 0.0262. The fraction of sp³-hybridized carbons (Fsp3) is 0.538. The summed E-state index contributed by atoms with van der Waals surface area (Å²) in [5, 5.41) is 13.6. The Morgan fingerprint density at radius 3 is 2.52 bits per heavy atom. The van der Waals surface area contributed by atoms with Gasteiger partial charge in [0.15, 0.2) is 0 Å². The molecule has 1 aromatic carbocycles. The molecule has 118 valence electrons. The van der Waals surface area contributed by atoms with Gasteiger partial charge >= 0.3 is 0 Å². The molecule has 0 saturated carbocycles. The van der Waals surface area contributed by atoms with Crippen molar-refractivity contribution in [3.63, 3.8) is 0 Å². The molecule has 0 bridgehead atoms. The second-order valence-electron chi connectivity index (χ2n) is 4.83. The molecule has 0 amide bonds. The molecule has 0 aliphatic rings. The number of benzene rings is 1. The van der Waals surface area contributed by atoms with Crippen molar-refractivity contribution in [2.45, 2.75) is 32.1 Å². The van der Waals surface area contributed by atoms with E-state index in [0.717, 1.165) is 6.42 Å². The molecule has 0 fully saturated rings. The number of non-ortho nitro benzene ring substituents is 1. The summed E-state index contributed by atoms with van der Waals surface area (Å²) in [4.78, 5) is 10.3. The van der Waals surface area contributed by atoms with Crippen molar-refractivity contribution in [2.24, 2.45) is 5.92 Å². The van der Waals surface area contributed by atoms with E-state index in [1.54, 1.807) is 6.92 Å². The van der Waals surface area contributed by atoms with E-state index >= 15 is 0 Å². The van der Waals surface area contributed by atoms with Crippen LogP contribution in [0, 0.1) is 16.0 Å². The monoisotopic (exact) mass is 315 g/mol. The predicted molar refractivity (Wildman–Crippen MR) is 81.9 cm³/mol. The van der Waals surface area contributed by atoms with Crippen molar-refractivity contribution in [1.29, 1.82) is 0 Å². The van der Waals surface area contributed by atoms with Crippen molar-refractivity contribution < 1.29 is 13.3 Å². The average molecular weight is 315 g/mol. The van der Waals surface area contributed by atoms with E-state index in [1.165, 1.54) is 18.2 Å². The summed E-state index contributed by atoms with van der Waals surface area (Å²) < 4.78 is 27.2. The largest absolute Gasteiger partial charge is 0.384 e. The first kappa shape index (κ1) is 17.4. The lowest BCUT2D eigenvalue weighted by Crippen LogP contribution is -2.29. The number of hydrogen-bond acceptors (Lipinski definition) is 5. The van der Waals surface area contributed by atoms with Gasteiger partial charge in [-0.05, 0) is 18.9 Å². The van der Waals surface area contributed by atoms with Crippen LogP contribution in [0.2, 0.25) is 0 Å². The van der Waals surface area contributed by atoms with Gasteiger partial charge in [-0.3, -0.25) is 10.1 Å². The first-order valence-electron chi connectivity index (χ1n) is 6.83. The summed E-state index contributed by atoms with van der Waals surface area (Å²) in [6.45, 7) is 6.52. The quantitative estimate of drug-likeness (QED) is 0.566. The lowest BCUT2D eigenvalue weighted by molar-refractivity contribution is -0.384. The van der Waals surface area contributed by atoms with E-state index in [4.69, 9.17) is 0 Å². The van der Waals surface area contributed by atoms with Crippen LogP contribution in [0.3, 0.4) is 0 Å². The van der Waals surface area contributed by atoms with Gasteiger partial charge in [0, 0.05) is 25.2 Å². The Balaban J connectivity index is 3.12. The molecule has 0 saturated heterocycles.